The number of rotatable bonds is 3. The monoisotopic (exact) mass is 145 g/mol. The Bertz CT molecular complexity index is 126. The number of hydroxylamine groups is 1. The molecule has 1 fully saturated rings. The van der Waals surface area contributed by atoms with E-state index in [9.17, 15) is 4.79 Å². The maximum atomic E-state index is 10.7. The predicted molar refractivity (Wildman–Crippen MR) is 34.1 cm³/mol. The van der Waals surface area contributed by atoms with E-state index in [4.69, 9.17) is 4.84 Å². The lowest BCUT2D eigenvalue weighted by molar-refractivity contribution is -0.142. The molecule has 58 valence electrons. The van der Waals surface area contributed by atoms with Gasteiger partial charge in [0.1, 0.15) is 6.04 Å². The van der Waals surface area contributed by atoms with E-state index >= 15 is 0 Å². The average molecular weight is 145 g/mol. The van der Waals surface area contributed by atoms with Gasteiger partial charge in [0, 0.05) is 6.42 Å². The largest absolute Gasteiger partial charge is 0.464 e. The third-order valence-corrected chi connectivity index (χ3v) is 1.31. The van der Waals surface area contributed by atoms with Crippen molar-refractivity contribution < 1.29 is 14.4 Å². The molecule has 0 amide bonds. The lowest BCUT2D eigenvalue weighted by Crippen LogP contribution is -2.32. The summed E-state index contributed by atoms with van der Waals surface area (Å²) in [5.41, 5.74) is 2.61. The van der Waals surface area contributed by atoms with E-state index in [2.05, 4.69) is 10.2 Å². The maximum absolute atomic E-state index is 10.7. The molecule has 10 heavy (non-hydrogen) atoms. The summed E-state index contributed by atoms with van der Waals surface area (Å²) in [6.45, 7) is 2.92. The quantitative estimate of drug-likeness (QED) is 0.443. The Balaban J connectivity index is 2.20. The summed E-state index contributed by atoms with van der Waals surface area (Å²) >= 11 is 0. The van der Waals surface area contributed by atoms with Crippen molar-refractivity contribution >= 4 is 5.97 Å². The van der Waals surface area contributed by atoms with Crippen LogP contribution < -0.4 is 5.48 Å². The molecule has 1 atom stereocenters. The van der Waals surface area contributed by atoms with Gasteiger partial charge in [-0.3, -0.25) is 4.79 Å². The van der Waals surface area contributed by atoms with Crippen molar-refractivity contribution in [1.82, 2.24) is 5.48 Å². The molecule has 1 unspecified atom stereocenters. The summed E-state index contributed by atoms with van der Waals surface area (Å²) < 4.78 is 4.68. The number of ether oxygens (including phenoxy) is 1. The zero-order valence-electron chi connectivity index (χ0n) is 5.92. The third-order valence-electron chi connectivity index (χ3n) is 1.31. The molecular weight excluding hydrogens is 134 g/mol. The first-order valence-corrected chi connectivity index (χ1v) is 3.38. The SMILES string of the molecule is CCONC1CCOC1=O. The number of hydrogen-bond donors (Lipinski definition) is 1. The van der Waals surface area contributed by atoms with E-state index in [1.807, 2.05) is 6.92 Å². The Morgan fingerprint density at radius 3 is 3.20 bits per heavy atom. The van der Waals surface area contributed by atoms with Gasteiger partial charge in [-0.1, -0.05) is 0 Å². The van der Waals surface area contributed by atoms with E-state index in [0.717, 1.165) is 0 Å². The van der Waals surface area contributed by atoms with Crippen LogP contribution in [0.15, 0.2) is 0 Å². The minimum atomic E-state index is -0.250. The molecule has 0 spiro atoms. The summed E-state index contributed by atoms with van der Waals surface area (Å²) in [6.07, 6.45) is 0.707. The van der Waals surface area contributed by atoms with Gasteiger partial charge in [-0.15, -0.1) is 0 Å². The Kier molecular flexibility index (Phi) is 2.65. The second-order valence-corrected chi connectivity index (χ2v) is 2.06. The van der Waals surface area contributed by atoms with E-state index in [1.54, 1.807) is 0 Å². The molecule has 1 heterocycles. The second kappa shape index (κ2) is 3.53. The summed E-state index contributed by atoms with van der Waals surface area (Å²) in [7, 11) is 0. The molecule has 4 heteroatoms. The number of hydrogen-bond acceptors (Lipinski definition) is 4. The maximum Gasteiger partial charge on any atom is 0.325 e. The van der Waals surface area contributed by atoms with Crippen LogP contribution in [0.1, 0.15) is 13.3 Å². The van der Waals surface area contributed by atoms with Crippen LogP contribution in [0.2, 0.25) is 0 Å². The van der Waals surface area contributed by atoms with E-state index in [0.29, 0.717) is 19.6 Å². The highest BCUT2D eigenvalue weighted by Crippen LogP contribution is 2.04. The fraction of sp³-hybridized carbons (Fsp3) is 0.833. The standard InChI is InChI=1S/C6H11NO3/c1-2-10-7-5-3-4-9-6(5)8/h5,7H,2-4H2,1H3. The molecule has 0 radical (unpaired) electrons. The highest BCUT2D eigenvalue weighted by atomic mass is 16.7. The highest BCUT2D eigenvalue weighted by molar-refractivity contribution is 5.77. The smallest absolute Gasteiger partial charge is 0.325 e. The lowest BCUT2D eigenvalue weighted by Gasteiger charge is -2.05. The Labute approximate surface area is 59.5 Å². The normalized spacial score (nSPS) is 24.9. The van der Waals surface area contributed by atoms with Crippen LogP contribution in [0.4, 0.5) is 0 Å². The molecule has 0 aromatic heterocycles. The first-order valence-electron chi connectivity index (χ1n) is 3.38. The number of cyclic esters (lactones) is 1. The highest BCUT2D eigenvalue weighted by Gasteiger charge is 2.25. The Hall–Kier alpha value is -0.610. The summed E-state index contributed by atoms with van der Waals surface area (Å²) in [4.78, 5) is 15.6. The summed E-state index contributed by atoms with van der Waals surface area (Å²) in [6, 6.07) is -0.250. The predicted octanol–water partition coefficient (Wildman–Crippen LogP) is -0.157. The zero-order chi connectivity index (χ0) is 7.40. The van der Waals surface area contributed by atoms with Crippen LogP contribution >= 0.6 is 0 Å². The van der Waals surface area contributed by atoms with Crippen molar-refractivity contribution in [3.8, 4) is 0 Å². The van der Waals surface area contributed by atoms with Crippen molar-refractivity contribution in [2.75, 3.05) is 13.2 Å². The zero-order valence-corrected chi connectivity index (χ0v) is 5.92. The summed E-state index contributed by atoms with van der Waals surface area (Å²) in [5.74, 6) is -0.214. The van der Waals surface area contributed by atoms with Gasteiger partial charge in [0.05, 0.1) is 13.2 Å². The van der Waals surface area contributed by atoms with Crippen LogP contribution in [-0.4, -0.2) is 25.2 Å². The van der Waals surface area contributed by atoms with Crippen molar-refractivity contribution in [2.45, 2.75) is 19.4 Å². The lowest BCUT2D eigenvalue weighted by atomic mass is 10.3. The second-order valence-electron chi connectivity index (χ2n) is 2.06. The topological polar surface area (TPSA) is 47.6 Å². The van der Waals surface area contributed by atoms with Crippen LogP contribution in [0.25, 0.3) is 0 Å². The molecule has 1 aliphatic heterocycles. The van der Waals surface area contributed by atoms with E-state index in [1.165, 1.54) is 0 Å². The van der Waals surface area contributed by atoms with E-state index in [-0.39, 0.29) is 12.0 Å². The van der Waals surface area contributed by atoms with Crippen LogP contribution in [0.5, 0.6) is 0 Å². The molecule has 0 saturated carbocycles. The Morgan fingerprint density at radius 2 is 2.70 bits per heavy atom. The van der Waals surface area contributed by atoms with Crippen LogP contribution in [0.3, 0.4) is 0 Å². The average Bonchev–Trinajstić information content (AvgIpc) is 2.31. The molecular formula is C6H11NO3. The molecule has 1 rings (SSSR count). The van der Waals surface area contributed by atoms with E-state index < -0.39 is 0 Å². The number of carbonyl (C=O) groups excluding carboxylic acids is 1. The van der Waals surface area contributed by atoms with Crippen molar-refractivity contribution in [2.24, 2.45) is 0 Å². The molecule has 0 aromatic carbocycles. The van der Waals surface area contributed by atoms with Crippen LogP contribution in [0, 0.1) is 0 Å². The molecule has 0 aliphatic carbocycles. The molecule has 0 aromatic rings. The first-order chi connectivity index (χ1) is 4.84. The molecule has 1 aliphatic rings. The fourth-order valence-electron chi connectivity index (χ4n) is 0.787. The molecule has 1 saturated heterocycles. The molecule has 1 N–H and O–H groups in total. The number of esters is 1. The fourth-order valence-corrected chi connectivity index (χ4v) is 0.787. The van der Waals surface area contributed by atoms with Gasteiger partial charge >= 0.3 is 5.97 Å². The van der Waals surface area contributed by atoms with Gasteiger partial charge in [-0.25, -0.2) is 0 Å². The van der Waals surface area contributed by atoms with Gasteiger partial charge in [0.25, 0.3) is 0 Å². The summed E-state index contributed by atoms with van der Waals surface area (Å²) in [5, 5.41) is 0. The third kappa shape index (κ3) is 1.68. The van der Waals surface area contributed by atoms with Gasteiger partial charge < -0.3 is 9.57 Å². The van der Waals surface area contributed by atoms with Gasteiger partial charge in [0.15, 0.2) is 0 Å². The van der Waals surface area contributed by atoms with Crippen LogP contribution in [-0.2, 0) is 14.4 Å². The van der Waals surface area contributed by atoms with Crippen molar-refractivity contribution in [1.29, 1.82) is 0 Å². The number of nitrogens with one attached hydrogen (secondary N) is 1. The van der Waals surface area contributed by atoms with Gasteiger partial charge in [0.2, 0.25) is 0 Å². The van der Waals surface area contributed by atoms with Gasteiger partial charge in [-0.2, -0.15) is 5.48 Å². The Morgan fingerprint density at radius 1 is 1.90 bits per heavy atom. The number of carbonyl (C=O) groups is 1. The minimum Gasteiger partial charge on any atom is -0.464 e. The molecule has 4 nitrogen and oxygen atoms in total. The minimum absolute atomic E-state index is 0.214. The molecule has 0 bridgehead atoms. The first kappa shape index (κ1) is 7.50. The van der Waals surface area contributed by atoms with Crippen molar-refractivity contribution in [3.05, 3.63) is 0 Å². The van der Waals surface area contributed by atoms with Gasteiger partial charge in [-0.05, 0) is 6.92 Å². The van der Waals surface area contributed by atoms with Crippen molar-refractivity contribution in [3.63, 3.8) is 0 Å².